The van der Waals surface area contributed by atoms with Gasteiger partial charge in [0.25, 0.3) is 5.92 Å². The first-order valence-electron chi connectivity index (χ1n) is 6.02. The van der Waals surface area contributed by atoms with E-state index in [0.717, 1.165) is 12.1 Å². The zero-order valence-corrected chi connectivity index (χ0v) is 10.6. The maximum atomic E-state index is 13.0. The molecular weight excluding hydrogens is 240 g/mol. The molecule has 0 aromatic carbocycles. The number of aryl methyl sites for hydroxylation is 1. The van der Waals surface area contributed by atoms with E-state index < -0.39 is 11.8 Å². The molecule has 1 aromatic rings. The number of unbranched alkanes of at least 4 members (excludes halogenated alkanes) is 1. The Hall–Kier alpha value is -1.46. The molecule has 6 heteroatoms. The number of hydrogen-bond donors (Lipinski definition) is 0. The van der Waals surface area contributed by atoms with Crippen molar-refractivity contribution in [3.63, 3.8) is 0 Å². The van der Waals surface area contributed by atoms with Crippen molar-refractivity contribution in [3.8, 4) is 0 Å². The Morgan fingerprint density at radius 2 is 2.28 bits per heavy atom. The fraction of sp³-hybridized carbons (Fsp3) is 0.667. The molecule has 18 heavy (non-hydrogen) atoms. The van der Waals surface area contributed by atoms with E-state index in [4.69, 9.17) is 0 Å². The van der Waals surface area contributed by atoms with Gasteiger partial charge in [0.15, 0.2) is 0 Å². The highest BCUT2D eigenvalue weighted by molar-refractivity contribution is 5.49. The summed E-state index contributed by atoms with van der Waals surface area (Å²) in [6.07, 6.45) is 1.88. The van der Waals surface area contributed by atoms with Crippen LogP contribution in [-0.4, -0.2) is 36.1 Å². The van der Waals surface area contributed by atoms with Crippen LogP contribution in [-0.2, 0) is 11.3 Å². The van der Waals surface area contributed by atoms with Gasteiger partial charge in [-0.25, -0.2) is 13.5 Å². The van der Waals surface area contributed by atoms with Crippen molar-refractivity contribution >= 4 is 12.1 Å². The van der Waals surface area contributed by atoms with Gasteiger partial charge >= 0.3 is 0 Å². The van der Waals surface area contributed by atoms with Gasteiger partial charge in [-0.2, -0.15) is 5.10 Å². The van der Waals surface area contributed by atoms with E-state index in [2.05, 4.69) is 5.10 Å². The molecule has 0 bridgehead atoms. The number of carbonyl (C=O) groups excluding carboxylic acids is 1. The molecule has 0 saturated heterocycles. The molecule has 100 valence electrons. The summed E-state index contributed by atoms with van der Waals surface area (Å²) in [5, 5.41) is 4.24. The number of rotatable bonds is 6. The van der Waals surface area contributed by atoms with Crippen LogP contribution >= 0.6 is 0 Å². The number of hydrogen-bond acceptors (Lipinski definition) is 3. The number of carbonyl (C=O) groups is 1. The normalized spacial score (nSPS) is 20.8. The number of anilines is 1. The van der Waals surface area contributed by atoms with Crippen LogP contribution in [0.4, 0.5) is 14.6 Å². The summed E-state index contributed by atoms with van der Waals surface area (Å²) in [5.41, 5.74) is 0.454. The average molecular weight is 257 g/mol. The Kier molecular flexibility index (Phi) is 3.36. The molecule has 1 aliphatic rings. The maximum Gasteiger partial charge on any atom is 0.257 e. The van der Waals surface area contributed by atoms with Gasteiger partial charge in [-0.3, -0.25) is 0 Å². The van der Waals surface area contributed by atoms with Crippen LogP contribution < -0.4 is 4.90 Å². The molecule has 1 saturated carbocycles. The lowest BCUT2D eigenvalue weighted by atomic mass is 10.3. The Morgan fingerprint density at radius 3 is 2.78 bits per heavy atom. The van der Waals surface area contributed by atoms with Crippen molar-refractivity contribution < 1.29 is 13.6 Å². The number of alkyl halides is 2. The molecule has 1 heterocycles. The number of aromatic nitrogens is 2. The van der Waals surface area contributed by atoms with Crippen LogP contribution in [0.1, 0.15) is 30.9 Å². The third-order valence-corrected chi connectivity index (χ3v) is 3.11. The lowest BCUT2D eigenvalue weighted by molar-refractivity contribution is -0.107. The van der Waals surface area contributed by atoms with Gasteiger partial charge in [0, 0.05) is 39.5 Å². The highest BCUT2D eigenvalue weighted by Gasteiger charge is 2.59. The smallest absolute Gasteiger partial charge is 0.257 e. The molecule has 1 aromatic heterocycles. The molecule has 4 nitrogen and oxygen atoms in total. The predicted molar refractivity (Wildman–Crippen MR) is 64.2 cm³/mol. The van der Waals surface area contributed by atoms with Crippen LogP contribution in [0.5, 0.6) is 0 Å². The third-order valence-electron chi connectivity index (χ3n) is 3.11. The van der Waals surface area contributed by atoms with Crippen molar-refractivity contribution in [2.45, 2.75) is 37.6 Å². The Morgan fingerprint density at radius 1 is 1.61 bits per heavy atom. The summed E-state index contributed by atoms with van der Waals surface area (Å²) in [4.78, 5) is 12.1. The largest absolute Gasteiger partial charge is 0.363 e. The summed E-state index contributed by atoms with van der Waals surface area (Å²) < 4.78 is 27.7. The van der Waals surface area contributed by atoms with Gasteiger partial charge in [-0.05, 0) is 6.42 Å². The molecule has 0 N–H and O–H groups in total. The van der Waals surface area contributed by atoms with Gasteiger partial charge in [0.05, 0.1) is 11.6 Å². The third kappa shape index (κ3) is 2.52. The van der Waals surface area contributed by atoms with Crippen LogP contribution in [0, 0.1) is 0 Å². The summed E-state index contributed by atoms with van der Waals surface area (Å²) in [7, 11) is 3.70. The Labute approximate surface area is 105 Å². The van der Waals surface area contributed by atoms with Gasteiger partial charge in [0.2, 0.25) is 0 Å². The molecule has 1 fully saturated rings. The SMILES string of the molecule is CN(C)c1cc(C2CC2(F)F)nn1CCCC=O. The van der Waals surface area contributed by atoms with Crippen molar-refractivity contribution in [2.24, 2.45) is 0 Å². The van der Waals surface area contributed by atoms with E-state index in [1.54, 1.807) is 10.7 Å². The summed E-state index contributed by atoms with van der Waals surface area (Å²) >= 11 is 0. The second kappa shape index (κ2) is 4.66. The lowest BCUT2D eigenvalue weighted by Crippen LogP contribution is -2.15. The van der Waals surface area contributed by atoms with Gasteiger partial charge in [0.1, 0.15) is 12.1 Å². The predicted octanol–water partition coefficient (Wildman–Crippen LogP) is 2.05. The second-order valence-corrected chi connectivity index (χ2v) is 4.87. The summed E-state index contributed by atoms with van der Waals surface area (Å²) in [6.45, 7) is 0.574. The van der Waals surface area contributed by atoms with Gasteiger partial charge in [-0.15, -0.1) is 0 Å². The molecule has 0 radical (unpaired) electrons. The average Bonchev–Trinajstić information content (AvgIpc) is 2.75. The minimum absolute atomic E-state index is 0.106. The fourth-order valence-electron chi connectivity index (χ4n) is 1.98. The molecule has 0 spiro atoms. The monoisotopic (exact) mass is 257 g/mol. The van der Waals surface area contributed by atoms with E-state index in [0.29, 0.717) is 25.1 Å². The van der Waals surface area contributed by atoms with Crippen molar-refractivity contribution in [1.82, 2.24) is 9.78 Å². The molecule has 0 aliphatic heterocycles. The number of aldehydes is 1. The minimum atomic E-state index is -2.59. The summed E-state index contributed by atoms with van der Waals surface area (Å²) in [6, 6.07) is 1.71. The van der Waals surface area contributed by atoms with Gasteiger partial charge < -0.3 is 9.69 Å². The first-order chi connectivity index (χ1) is 8.45. The minimum Gasteiger partial charge on any atom is -0.363 e. The molecule has 1 aliphatic carbocycles. The molecule has 2 rings (SSSR count). The zero-order chi connectivity index (χ0) is 13.3. The molecule has 1 atom stereocenters. The highest BCUT2D eigenvalue weighted by Crippen LogP contribution is 2.55. The molecule has 0 amide bonds. The fourth-order valence-corrected chi connectivity index (χ4v) is 1.98. The van der Waals surface area contributed by atoms with Crippen molar-refractivity contribution in [3.05, 3.63) is 11.8 Å². The molecular formula is C12H17F2N3O. The van der Waals surface area contributed by atoms with Crippen molar-refractivity contribution in [1.29, 1.82) is 0 Å². The van der Waals surface area contributed by atoms with E-state index in [1.165, 1.54) is 0 Å². The number of halogens is 2. The summed E-state index contributed by atoms with van der Waals surface area (Å²) in [5.74, 6) is -2.52. The Bertz CT molecular complexity index is 443. The zero-order valence-electron chi connectivity index (χ0n) is 10.6. The number of nitrogens with zero attached hydrogens (tertiary/aromatic N) is 3. The van der Waals surface area contributed by atoms with E-state index in [9.17, 15) is 13.6 Å². The van der Waals surface area contributed by atoms with E-state index in [1.807, 2.05) is 19.0 Å². The Balaban J connectivity index is 2.14. The van der Waals surface area contributed by atoms with Crippen LogP contribution in [0.25, 0.3) is 0 Å². The van der Waals surface area contributed by atoms with E-state index >= 15 is 0 Å². The topological polar surface area (TPSA) is 38.1 Å². The quantitative estimate of drug-likeness (QED) is 0.578. The molecule has 1 unspecified atom stereocenters. The van der Waals surface area contributed by atoms with E-state index in [-0.39, 0.29) is 6.42 Å². The van der Waals surface area contributed by atoms with Crippen molar-refractivity contribution in [2.75, 3.05) is 19.0 Å². The highest BCUT2D eigenvalue weighted by atomic mass is 19.3. The van der Waals surface area contributed by atoms with Crippen LogP contribution in [0.3, 0.4) is 0 Å². The van der Waals surface area contributed by atoms with Crippen LogP contribution in [0.15, 0.2) is 6.07 Å². The maximum absolute atomic E-state index is 13.0. The first kappa shape index (κ1) is 13.0. The first-order valence-corrected chi connectivity index (χ1v) is 6.02. The van der Waals surface area contributed by atoms with Gasteiger partial charge in [-0.1, -0.05) is 0 Å². The lowest BCUT2D eigenvalue weighted by Gasteiger charge is -2.13. The standard InChI is InChI=1S/C12H17F2N3O/c1-16(2)11-7-10(9-8-12(9,13)14)15-17(11)5-3-4-6-18/h6-7,9H,3-5,8H2,1-2H3. The second-order valence-electron chi connectivity index (χ2n) is 4.87. The van der Waals surface area contributed by atoms with Crippen LogP contribution in [0.2, 0.25) is 0 Å².